The Balaban J connectivity index is 2.31. The van der Waals surface area contributed by atoms with Gasteiger partial charge in [-0.05, 0) is 30.7 Å². The number of methoxy groups -OCH3 is 1. The predicted molar refractivity (Wildman–Crippen MR) is 63.2 cm³/mol. The summed E-state index contributed by atoms with van der Waals surface area (Å²) in [7, 11) is 1.52. The zero-order chi connectivity index (χ0) is 13.1. The molecule has 0 bridgehead atoms. The quantitative estimate of drug-likeness (QED) is 0.897. The number of nitrogens with zero attached hydrogens (tertiary/aromatic N) is 2. The molecule has 18 heavy (non-hydrogen) atoms. The number of rotatable bonds is 4. The first-order valence-corrected chi connectivity index (χ1v) is 5.48. The largest absolute Gasteiger partial charge is 0.370 e. The van der Waals surface area contributed by atoms with Gasteiger partial charge in [-0.25, -0.2) is 4.39 Å². The van der Waals surface area contributed by atoms with Crippen LogP contribution in [-0.2, 0) is 4.74 Å². The van der Waals surface area contributed by atoms with Gasteiger partial charge in [-0.15, -0.1) is 0 Å². The normalized spacial score (nSPS) is 12.7. The fourth-order valence-corrected chi connectivity index (χ4v) is 1.56. The third kappa shape index (κ3) is 2.39. The van der Waals surface area contributed by atoms with Gasteiger partial charge in [0, 0.05) is 19.2 Å². The topological polar surface area (TPSA) is 74.2 Å². The Kier molecular flexibility index (Phi) is 3.69. The van der Waals surface area contributed by atoms with Crippen molar-refractivity contribution in [1.29, 1.82) is 0 Å². The first kappa shape index (κ1) is 12.7. The van der Waals surface area contributed by atoms with Crippen LogP contribution in [0.15, 0.2) is 22.7 Å². The lowest BCUT2D eigenvalue weighted by molar-refractivity contribution is 0.0804. The molecule has 0 radical (unpaired) electrons. The molecule has 2 rings (SSSR count). The molecule has 0 amide bonds. The van der Waals surface area contributed by atoms with Crippen LogP contribution in [0.2, 0.25) is 0 Å². The van der Waals surface area contributed by atoms with E-state index in [4.69, 9.17) is 15.0 Å². The van der Waals surface area contributed by atoms with Crippen molar-refractivity contribution in [2.45, 2.75) is 13.0 Å². The van der Waals surface area contributed by atoms with Crippen LogP contribution in [0, 0.1) is 12.7 Å². The van der Waals surface area contributed by atoms with Crippen LogP contribution in [0.5, 0.6) is 0 Å². The minimum absolute atomic E-state index is 0.251. The van der Waals surface area contributed by atoms with Gasteiger partial charge < -0.3 is 15.0 Å². The number of hydrogen-bond donors (Lipinski definition) is 1. The zero-order valence-electron chi connectivity index (χ0n) is 10.2. The molecule has 0 aliphatic heterocycles. The van der Waals surface area contributed by atoms with E-state index in [2.05, 4.69) is 10.1 Å². The highest BCUT2D eigenvalue weighted by atomic mass is 19.1. The first-order chi connectivity index (χ1) is 8.65. The summed E-state index contributed by atoms with van der Waals surface area (Å²) in [5.74, 6) is 0.444. The van der Waals surface area contributed by atoms with Crippen molar-refractivity contribution < 1.29 is 13.7 Å². The molecule has 0 aliphatic carbocycles. The highest BCUT2D eigenvalue weighted by Crippen LogP contribution is 2.21. The third-order valence-electron chi connectivity index (χ3n) is 2.63. The summed E-state index contributed by atoms with van der Waals surface area (Å²) in [5.41, 5.74) is 6.72. The summed E-state index contributed by atoms with van der Waals surface area (Å²) in [6.45, 7) is 1.93. The lowest BCUT2D eigenvalue weighted by Crippen LogP contribution is -2.14. The maximum Gasteiger partial charge on any atom is 0.257 e. The Bertz CT molecular complexity index is 538. The fraction of sp³-hybridized carbons (Fsp3) is 0.333. The monoisotopic (exact) mass is 251 g/mol. The molecule has 1 heterocycles. The average molecular weight is 251 g/mol. The van der Waals surface area contributed by atoms with E-state index in [9.17, 15) is 4.39 Å². The minimum Gasteiger partial charge on any atom is -0.370 e. The maximum absolute atomic E-state index is 13.2. The number of halogens is 1. The lowest BCUT2D eigenvalue weighted by Gasteiger charge is -2.05. The van der Waals surface area contributed by atoms with E-state index in [-0.39, 0.29) is 12.4 Å². The molecule has 0 saturated carbocycles. The van der Waals surface area contributed by atoms with Gasteiger partial charge in [0.15, 0.2) is 0 Å². The van der Waals surface area contributed by atoms with Crippen molar-refractivity contribution in [3.63, 3.8) is 0 Å². The molecular weight excluding hydrogens is 237 g/mol. The van der Waals surface area contributed by atoms with Crippen LogP contribution in [0.3, 0.4) is 0 Å². The first-order valence-electron chi connectivity index (χ1n) is 5.48. The molecule has 0 aliphatic rings. The predicted octanol–water partition coefficient (Wildman–Crippen LogP) is 1.83. The van der Waals surface area contributed by atoms with Gasteiger partial charge in [0.2, 0.25) is 5.82 Å². The lowest BCUT2D eigenvalue weighted by atomic mass is 10.1. The van der Waals surface area contributed by atoms with Crippen molar-refractivity contribution in [3.8, 4) is 11.4 Å². The summed E-state index contributed by atoms with van der Waals surface area (Å²) in [6, 6.07) is 4.63. The standard InChI is InChI=1S/C12H14FN3O2/c1-7-5-8(3-4-9(7)13)11-15-12(18-16-11)10(6-14)17-2/h3-5,10H,6,14H2,1-2H3. The van der Waals surface area contributed by atoms with Crippen molar-refractivity contribution >= 4 is 0 Å². The SMILES string of the molecule is COC(CN)c1nc(-c2ccc(F)c(C)c2)no1. The van der Waals surface area contributed by atoms with E-state index < -0.39 is 6.10 Å². The number of ether oxygens (including phenoxy) is 1. The smallest absolute Gasteiger partial charge is 0.257 e. The Morgan fingerprint density at radius 1 is 1.50 bits per heavy atom. The second-order valence-electron chi connectivity index (χ2n) is 3.88. The van der Waals surface area contributed by atoms with Crippen LogP contribution in [0.4, 0.5) is 4.39 Å². The number of aromatic nitrogens is 2. The second kappa shape index (κ2) is 5.24. The molecule has 1 atom stereocenters. The number of hydrogen-bond acceptors (Lipinski definition) is 5. The maximum atomic E-state index is 13.2. The van der Waals surface area contributed by atoms with Crippen molar-refractivity contribution in [2.24, 2.45) is 5.73 Å². The van der Waals surface area contributed by atoms with Crippen LogP contribution in [-0.4, -0.2) is 23.8 Å². The number of nitrogens with two attached hydrogens (primary N) is 1. The van der Waals surface area contributed by atoms with Gasteiger partial charge >= 0.3 is 0 Å². The van der Waals surface area contributed by atoms with Gasteiger partial charge in [0.1, 0.15) is 11.9 Å². The molecule has 2 N–H and O–H groups in total. The van der Waals surface area contributed by atoms with Gasteiger partial charge in [0.25, 0.3) is 5.89 Å². The van der Waals surface area contributed by atoms with Crippen LogP contribution in [0.1, 0.15) is 17.6 Å². The molecule has 1 aromatic carbocycles. The summed E-state index contributed by atoms with van der Waals surface area (Å²) >= 11 is 0. The van der Waals surface area contributed by atoms with E-state index in [0.29, 0.717) is 22.8 Å². The summed E-state index contributed by atoms with van der Waals surface area (Å²) in [6.07, 6.45) is -0.423. The average Bonchev–Trinajstić information content (AvgIpc) is 2.84. The summed E-state index contributed by atoms with van der Waals surface area (Å²) in [5, 5.41) is 3.83. The van der Waals surface area contributed by atoms with Gasteiger partial charge in [-0.2, -0.15) is 4.98 Å². The van der Waals surface area contributed by atoms with Crippen molar-refractivity contribution in [2.75, 3.05) is 13.7 Å². The van der Waals surface area contributed by atoms with E-state index in [1.807, 2.05) is 0 Å². The molecule has 0 fully saturated rings. The Morgan fingerprint density at radius 2 is 2.28 bits per heavy atom. The minimum atomic E-state index is -0.423. The van der Waals surface area contributed by atoms with Crippen molar-refractivity contribution in [3.05, 3.63) is 35.5 Å². The van der Waals surface area contributed by atoms with Gasteiger partial charge in [-0.3, -0.25) is 0 Å². The molecule has 6 heteroatoms. The molecular formula is C12H14FN3O2. The van der Waals surface area contributed by atoms with Gasteiger partial charge in [0.05, 0.1) is 0 Å². The highest BCUT2D eigenvalue weighted by Gasteiger charge is 2.17. The molecule has 96 valence electrons. The molecule has 1 aromatic heterocycles. The van der Waals surface area contributed by atoms with E-state index in [0.717, 1.165) is 0 Å². The summed E-state index contributed by atoms with van der Waals surface area (Å²) in [4.78, 5) is 4.19. The number of aryl methyl sites for hydroxylation is 1. The molecule has 2 aromatic rings. The van der Waals surface area contributed by atoms with E-state index in [1.54, 1.807) is 19.1 Å². The van der Waals surface area contributed by atoms with Gasteiger partial charge in [-0.1, -0.05) is 5.16 Å². The van der Waals surface area contributed by atoms with Crippen LogP contribution >= 0.6 is 0 Å². The van der Waals surface area contributed by atoms with Crippen LogP contribution < -0.4 is 5.73 Å². The fourth-order valence-electron chi connectivity index (χ4n) is 1.56. The zero-order valence-corrected chi connectivity index (χ0v) is 10.2. The molecule has 0 saturated heterocycles. The van der Waals surface area contributed by atoms with E-state index in [1.165, 1.54) is 13.2 Å². The number of benzene rings is 1. The third-order valence-corrected chi connectivity index (χ3v) is 2.63. The Morgan fingerprint density at radius 3 is 2.89 bits per heavy atom. The second-order valence-corrected chi connectivity index (χ2v) is 3.88. The molecule has 1 unspecified atom stereocenters. The molecule has 5 nitrogen and oxygen atoms in total. The highest BCUT2D eigenvalue weighted by molar-refractivity contribution is 5.55. The van der Waals surface area contributed by atoms with Crippen LogP contribution in [0.25, 0.3) is 11.4 Å². The Labute approximate surface area is 104 Å². The summed E-state index contributed by atoms with van der Waals surface area (Å²) < 4.78 is 23.3. The molecule has 0 spiro atoms. The van der Waals surface area contributed by atoms with Crippen molar-refractivity contribution in [1.82, 2.24) is 10.1 Å². The Hall–Kier alpha value is -1.79. The van der Waals surface area contributed by atoms with E-state index >= 15 is 0 Å².